The first-order valence-electron chi connectivity index (χ1n) is 14.4. The van der Waals surface area contributed by atoms with Gasteiger partial charge in [-0.15, -0.1) is 0 Å². The van der Waals surface area contributed by atoms with Crippen molar-refractivity contribution >= 4 is 46.1 Å². The Balaban J connectivity index is 1.69. The average molecular weight is 557 g/mol. The Morgan fingerprint density at radius 3 is 2.18 bits per heavy atom. The van der Waals surface area contributed by atoms with Crippen LogP contribution in [0.4, 0.5) is 5.82 Å². The van der Waals surface area contributed by atoms with Crippen LogP contribution in [0.5, 0.6) is 0 Å². The zero-order valence-corrected chi connectivity index (χ0v) is 25.3. The topological polar surface area (TPSA) is 69.3 Å². The lowest BCUT2D eigenvalue weighted by atomic mass is 9.97. The predicted octanol–water partition coefficient (Wildman–Crippen LogP) is 6.92. The first-order valence-corrected chi connectivity index (χ1v) is 15.7. The van der Waals surface area contributed by atoms with E-state index in [0.29, 0.717) is 27.3 Å². The molecule has 1 aromatic rings. The quantitative estimate of drug-likeness (QED) is 0.149. The molecule has 0 aliphatic carbocycles. The van der Waals surface area contributed by atoms with Gasteiger partial charge in [-0.25, -0.2) is 0 Å². The van der Waals surface area contributed by atoms with E-state index in [1.807, 2.05) is 13.0 Å². The maximum Gasteiger partial charge on any atom is 0.270 e. The Morgan fingerprint density at radius 1 is 1.03 bits per heavy atom. The molecule has 208 valence electrons. The van der Waals surface area contributed by atoms with Crippen LogP contribution in [0.2, 0.25) is 0 Å². The van der Waals surface area contributed by atoms with Crippen molar-refractivity contribution in [2.45, 2.75) is 97.8 Å². The Hall–Kier alpha value is -2.11. The van der Waals surface area contributed by atoms with Crippen LogP contribution in [-0.2, 0) is 11.8 Å². The molecule has 2 fully saturated rings. The highest BCUT2D eigenvalue weighted by molar-refractivity contribution is 8.26. The van der Waals surface area contributed by atoms with Crippen LogP contribution in [0, 0.1) is 24.2 Å². The Labute approximate surface area is 238 Å². The minimum atomic E-state index is -0.288. The van der Waals surface area contributed by atoms with Gasteiger partial charge in [-0.1, -0.05) is 95.6 Å². The van der Waals surface area contributed by atoms with Crippen LogP contribution >= 0.6 is 24.0 Å². The second-order valence-electron chi connectivity index (χ2n) is 10.9. The number of carbonyl (C=O) groups excluding carboxylic acids is 1. The maximum atomic E-state index is 13.4. The summed E-state index contributed by atoms with van der Waals surface area (Å²) in [6.45, 7) is 8.65. The number of thioether (sulfide) groups is 1. The van der Waals surface area contributed by atoms with Gasteiger partial charge in [0, 0.05) is 32.2 Å². The summed E-state index contributed by atoms with van der Waals surface area (Å²) in [5.74, 6) is 1.37. The molecule has 2 aliphatic rings. The monoisotopic (exact) mass is 556 g/mol. The van der Waals surface area contributed by atoms with Crippen molar-refractivity contribution < 1.29 is 4.79 Å². The molecule has 38 heavy (non-hydrogen) atoms. The maximum absolute atomic E-state index is 13.4. The average Bonchev–Trinajstić information content (AvgIpc) is 3.17. The summed E-state index contributed by atoms with van der Waals surface area (Å²) in [6.07, 6.45) is 16.4. The van der Waals surface area contributed by atoms with E-state index in [9.17, 15) is 14.9 Å². The predicted molar refractivity (Wildman–Crippen MR) is 163 cm³/mol. The van der Waals surface area contributed by atoms with Crippen molar-refractivity contribution in [2.75, 3.05) is 24.5 Å². The molecule has 2 saturated heterocycles. The third-order valence-corrected chi connectivity index (χ3v) is 9.31. The highest BCUT2D eigenvalue weighted by Crippen LogP contribution is 2.36. The van der Waals surface area contributed by atoms with E-state index in [1.165, 1.54) is 63.1 Å². The third-order valence-electron chi connectivity index (χ3n) is 7.94. The van der Waals surface area contributed by atoms with Gasteiger partial charge in [-0.2, -0.15) is 5.26 Å². The summed E-state index contributed by atoms with van der Waals surface area (Å²) in [4.78, 5) is 30.9. The molecule has 2 aliphatic heterocycles. The Kier molecular flexibility index (Phi) is 11.9. The van der Waals surface area contributed by atoms with Crippen molar-refractivity contribution in [3.8, 4) is 6.07 Å². The zero-order chi connectivity index (χ0) is 27.7. The van der Waals surface area contributed by atoms with Crippen LogP contribution in [0.3, 0.4) is 0 Å². The fourth-order valence-corrected chi connectivity index (χ4v) is 6.69. The lowest BCUT2D eigenvalue weighted by Gasteiger charge is -2.34. The lowest BCUT2D eigenvalue weighted by Crippen LogP contribution is -2.38. The smallest absolute Gasteiger partial charge is 0.270 e. The molecule has 0 saturated carbocycles. The first kappa shape index (κ1) is 30.4. The van der Waals surface area contributed by atoms with E-state index in [0.717, 1.165) is 50.2 Å². The van der Waals surface area contributed by atoms with Crippen molar-refractivity contribution in [1.29, 1.82) is 5.26 Å². The summed E-state index contributed by atoms with van der Waals surface area (Å²) in [7, 11) is 1.73. The van der Waals surface area contributed by atoms with E-state index in [1.54, 1.807) is 16.5 Å². The van der Waals surface area contributed by atoms with Crippen LogP contribution in [0.25, 0.3) is 6.08 Å². The van der Waals surface area contributed by atoms with Gasteiger partial charge in [-0.05, 0) is 43.7 Å². The van der Waals surface area contributed by atoms with Gasteiger partial charge in [0.1, 0.15) is 21.8 Å². The number of carbonyl (C=O) groups is 1. The number of nitriles is 1. The molecule has 0 unspecified atom stereocenters. The molecule has 0 radical (unpaired) electrons. The number of anilines is 1. The van der Waals surface area contributed by atoms with Crippen LogP contribution in [0.1, 0.15) is 108 Å². The number of amides is 1. The molecule has 0 spiro atoms. The van der Waals surface area contributed by atoms with Gasteiger partial charge in [0.2, 0.25) is 0 Å². The number of nitrogens with zero attached hydrogens (tertiary/aromatic N) is 4. The number of hydrogen-bond donors (Lipinski definition) is 0. The normalized spacial score (nSPS) is 17.6. The van der Waals surface area contributed by atoms with Crippen LogP contribution in [0.15, 0.2) is 9.70 Å². The number of aromatic nitrogens is 1. The minimum Gasteiger partial charge on any atom is -0.357 e. The van der Waals surface area contributed by atoms with Crippen LogP contribution < -0.4 is 10.5 Å². The zero-order valence-electron chi connectivity index (χ0n) is 23.7. The van der Waals surface area contributed by atoms with Crippen molar-refractivity contribution in [3.63, 3.8) is 0 Å². The highest BCUT2D eigenvalue weighted by atomic mass is 32.2. The molecule has 0 N–H and O–H groups in total. The van der Waals surface area contributed by atoms with E-state index < -0.39 is 0 Å². The van der Waals surface area contributed by atoms with Crippen molar-refractivity contribution in [3.05, 3.63) is 31.9 Å². The highest BCUT2D eigenvalue weighted by Gasteiger charge is 2.33. The summed E-state index contributed by atoms with van der Waals surface area (Å²) < 4.78 is 2.17. The Bertz CT molecular complexity index is 1130. The summed E-state index contributed by atoms with van der Waals surface area (Å²) in [6, 6.07) is 2.09. The minimum absolute atomic E-state index is 0.0686. The standard InChI is InChI=1S/C30H44N4O2S2/c1-5-6-7-8-9-10-11-12-13-14-17-34-29(36)26(38-30(34)37)20-24-23(3)25(21-31)28(35)32(4)27(24)33-18-15-22(2)16-19-33/h20,22H,5-19H2,1-4H3/b26-20+. The van der Waals surface area contributed by atoms with E-state index in [-0.39, 0.29) is 17.0 Å². The molecule has 3 heterocycles. The summed E-state index contributed by atoms with van der Waals surface area (Å²) >= 11 is 6.92. The van der Waals surface area contributed by atoms with Gasteiger partial charge in [-0.3, -0.25) is 19.1 Å². The number of unbranched alkanes of at least 4 members (excludes halogenated alkanes) is 9. The van der Waals surface area contributed by atoms with Gasteiger partial charge >= 0.3 is 0 Å². The lowest BCUT2D eigenvalue weighted by molar-refractivity contribution is -0.122. The van der Waals surface area contributed by atoms with Crippen molar-refractivity contribution in [2.24, 2.45) is 13.0 Å². The molecule has 8 heteroatoms. The molecule has 0 atom stereocenters. The number of piperidine rings is 1. The molecule has 0 aromatic carbocycles. The van der Waals surface area contributed by atoms with Gasteiger partial charge < -0.3 is 4.90 Å². The second-order valence-corrected chi connectivity index (χ2v) is 12.6. The second kappa shape index (κ2) is 14.9. The molecule has 3 rings (SSSR count). The summed E-state index contributed by atoms with van der Waals surface area (Å²) in [5.41, 5.74) is 1.25. The fraction of sp³-hybridized carbons (Fsp3) is 0.667. The molecule has 1 amide bonds. The van der Waals surface area contributed by atoms with E-state index >= 15 is 0 Å². The van der Waals surface area contributed by atoms with Gasteiger partial charge in [0.05, 0.1) is 4.91 Å². The van der Waals surface area contributed by atoms with Gasteiger partial charge in [0.15, 0.2) is 0 Å². The SMILES string of the molecule is CCCCCCCCCCCCN1C(=O)/C(=C\c2c(C)c(C#N)c(=O)n(C)c2N2CCC(C)CC2)SC1=S. The number of hydrogen-bond acceptors (Lipinski definition) is 6. The number of rotatable bonds is 13. The van der Waals surface area contributed by atoms with Crippen LogP contribution in [-0.4, -0.2) is 39.3 Å². The molecular formula is C30H44N4O2S2. The van der Waals surface area contributed by atoms with Gasteiger partial charge in [0.25, 0.3) is 11.5 Å². The Morgan fingerprint density at radius 2 is 1.61 bits per heavy atom. The first-order chi connectivity index (χ1) is 18.3. The molecule has 6 nitrogen and oxygen atoms in total. The molecule has 0 bridgehead atoms. The number of thiocarbonyl (C=S) groups is 1. The summed E-state index contributed by atoms with van der Waals surface area (Å²) in [5, 5.41) is 9.71. The third kappa shape index (κ3) is 7.51. The molecule has 1 aromatic heterocycles. The van der Waals surface area contributed by atoms with Crippen molar-refractivity contribution in [1.82, 2.24) is 9.47 Å². The fourth-order valence-electron chi connectivity index (χ4n) is 5.40. The largest absolute Gasteiger partial charge is 0.357 e. The van der Waals surface area contributed by atoms with E-state index in [2.05, 4.69) is 24.8 Å². The number of pyridine rings is 1. The van der Waals surface area contributed by atoms with E-state index in [4.69, 9.17) is 12.2 Å². The molecular weight excluding hydrogens is 512 g/mol.